The predicted octanol–water partition coefficient (Wildman–Crippen LogP) is 2.91. The van der Waals surface area contributed by atoms with E-state index in [4.69, 9.17) is 0 Å². The maximum atomic E-state index is 11.9. The second-order valence-electron chi connectivity index (χ2n) is 5.09. The van der Waals surface area contributed by atoms with Gasteiger partial charge in [0.1, 0.15) is 10.0 Å². The van der Waals surface area contributed by atoms with E-state index in [1.54, 1.807) is 0 Å². The molecule has 0 radical (unpaired) electrons. The molecular weight excluding hydrogens is 284 g/mol. The summed E-state index contributed by atoms with van der Waals surface area (Å²) in [7, 11) is 0. The van der Waals surface area contributed by atoms with Gasteiger partial charge in [-0.05, 0) is 48.9 Å². The fraction of sp³-hybridized carbons (Fsp3) is 0.400. The lowest BCUT2D eigenvalue weighted by Gasteiger charge is -2.08. The Morgan fingerprint density at radius 3 is 2.86 bits per heavy atom. The zero-order chi connectivity index (χ0) is 14.7. The smallest absolute Gasteiger partial charge is 0.319 e. The molecule has 2 N–H and O–H groups in total. The number of nitrogens with one attached hydrogen (secondary N) is 2. The fourth-order valence-electron chi connectivity index (χ4n) is 2.48. The van der Waals surface area contributed by atoms with Crippen molar-refractivity contribution in [3.8, 4) is 0 Å². The maximum absolute atomic E-state index is 11.9. The van der Waals surface area contributed by atoms with Crippen molar-refractivity contribution in [3.05, 3.63) is 39.3 Å². The van der Waals surface area contributed by atoms with Gasteiger partial charge in [-0.3, -0.25) is 0 Å². The first-order valence-electron chi connectivity index (χ1n) is 7.22. The number of carbonyl (C=O) groups is 1. The van der Waals surface area contributed by atoms with Crippen LogP contribution in [-0.4, -0.2) is 16.2 Å². The molecule has 1 aliphatic rings. The van der Waals surface area contributed by atoms with Gasteiger partial charge in [0.05, 0.1) is 6.54 Å². The first-order chi connectivity index (χ1) is 10.2. The fourth-order valence-corrected chi connectivity index (χ4v) is 3.21. The number of aryl methyl sites for hydroxylation is 3. The average Bonchev–Trinajstić information content (AvgIpc) is 3.13. The zero-order valence-corrected chi connectivity index (χ0v) is 12.8. The Morgan fingerprint density at radius 1 is 1.24 bits per heavy atom. The Labute approximate surface area is 127 Å². The first kappa shape index (κ1) is 14.0. The molecule has 3 rings (SSSR count). The molecule has 110 valence electrons. The van der Waals surface area contributed by atoms with Gasteiger partial charge in [-0.25, -0.2) is 4.79 Å². The van der Waals surface area contributed by atoms with Gasteiger partial charge in [-0.15, -0.1) is 10.2 Å². The second-order valence-corrected chi connectivity index (χ2v) is 6.23. The average molecular weight is 302 g/mol. The molecular formula is C15H18N4OS. The molecule has 5 nitrogen and oxygen atoms in total. The largest absolute Gasteiger partial charge is 0.331 e. The van der Waals surface area contributed by atoms with Gasteiger partial charge in [-0.2, -0.15) is 0 Å². The van der Waals surface area contributed by atoms with E-state index in [9.17, 15) is 4.79 Å². The molecule has 1 aromatic heterocycles. The number of amides is 2. The van der Waals surface area contributed by atoms with Gasteiger partial charge in [0.25, 0.3) is 0 Å². The van der Waals surface area contributed by atoms with Crippen molar-refractivity contribution < 1.29 is 4.79 Å². The van der Waals surface area contributed by atoms with Crippen molar-refractivity contribution in [2.45, 2.75) is 39.2 Å². The lowest BCUT2D eigenvalue weighted by molar-refractivity contribution is 0.251. The first-order valence-corrected chi connectivity index (χ1v) is 8.04. The van der Waals surface area contributed by atoms with Crippen LogP contribution in [-0.2, 0) is 25.8 Å². The summed E-state index contributed by atoms with van der Waals surface area (Å²) in [6, 6.07) is 5.93. The highest BCUT2D eigenvalue weighted by molar-refractivity contribution is 7.11. The number of nitrogens with zero attached hydrogens (tertiary/aromatic N) is 2. The summed E-state index contributed by atoms with van der Waals surface area (Å²) < 4.78 is 0. The van der Waals surface area contributed by atoms with Gasteiger partial charge in [0.2, 0.25) is 0 Å². The Balaban J connectivity index is 1.54. The molecule has 0 unspecified atom stereocenters. The number of rotatable bonds is 4. The molecule has 1 heterocycles. The molecule has 1 aromatic carbocycles. The van der Waals surface area contributed by atoms with Crippen LogP contribution in [0.3, 0.4) is 0 Å². The number of carbonyl (C=O) groups excluding carboxylic acids is 1. The number of aromatic nitrogens is 2. The molecule has 0 spiro atoms. The third-order valence-electron chi connectivity index (χ3n) is 3.57. The van der Waals surface area contributed by atoms with Gasteiger partial charge in [0, 0.05) is 5.69 Å². The SMILES string of the molecule is CCc1nnc(CNC(=O)Nc2ccc3c(c2)CCC3)s1. The van der Waals surface area contributed by atoms with Gasteiger partial charge in [-0.1, -0.05) is 24.3 Å². The number of fused-ring (bicyclic) bond motifs is 1. The van der Waals surface area contributed by atoms with E-state index in [1.165, 1.54) is 28.9 Å². The van der Waals surface area contributed by atoms with Crippen LogP contribution >= 0.6 is 11.3 Å². The van der Waals surface area contributed by atoms with Crippen LogP contribution in [0.2, 0.25) is 0 Å². The van der Waals surface area contributed by atoms with Gasteiger partial charge < -0.3 is 10.6 Å². The van der Waals surface area contributed by atoms with Crippen LogP contribution in [0.25, 0.3) is 0 Å². The molecule has 2 amide bonds. The Bertz CT molecular complexity index is 653. The van der Waals surface area contributed by atoms with E-state index in [-0.39, 0.29) is 6.03 Å². The van der Waals surface area contributed by atoms with Crippen molar-refractivity contribution in [1.29, 1.82) is 0 Å². The normalized spacial score (nSPS) is 13.0. The summed E-state index contributed by atoms with van der Waals surface area (Å²) in [6.45, 7) is 2.45. The monoisotopic (exact) mass is 302 g/mol. The topological polar surface area (TPSA) is 66.9 Å². The Hall–Kier alpha value is -1.95. The van der Waals surface area contributed by atoms with E-state index in [0.29, 0.717) is 6.54 Å². The second kappa shape index (κ2) is 6.22. The minimum atomic E-state index is -0.207. The number of benzene rings is 1. The lowest BCUT2D eigenvalue weighted by Crippen LogP contribution is -2.28. The summed E-state index contributed by atoms with van der Waals surface area (Å²) in [5.74, 6) is 0. The van der Waals surface area contributed by atoms with Crippen molar-refractivity contribution in [2.75, 3.05) is 5.32 Å². The molecule has 0 bridgehead atoms. The highest BCUT2D eigenvalue weighted by Crippen LogP contribution is 2.24. The summed E-state index contributed by atoms with van der Waals surface area (Å²) in [5, 5.41) is 15.6. The molecule has 0 aliphatic heterocycles. The highest BCUT2D eigenvalue weighted by Gasteiger charge is 2.12. The minimum Gasteiger partial charge on any atom is -0.331 e. The predicted molar refractivity (Wildman–Crippen MR) is 83.6 cm³/mol. The zero-order valence-electron chi connectivity index (χ0n) is 12.0. The summed E-state index contributed by atoms with van der Waals surface area (Å²) >= 11 is 1.53. The van der Waals surface area contributed by atoms with E-state index < -0.39 is 0 Å². The maximum Gasteiger partial charge on any atom is 0.319 e. The molecule has 0 atom stereocenters. The number of urea groups is 1. The van der Waals surface area contributed by atoms with Crippen LogP contribution in [0.1, 0.15) is 34.5 Å². The standard InChI is InChI=1S/C15H18N4OS/c1-2-13-18-19-14(21-13)9-16-15(20)17-12-7-6-10-4-3-5-11(10)8-12/h6-8H,2-5,9H2,1H3,(H2,16,17,20). The van der Waals surface area contributed by atoms with Crippen molar-refractivity contribution >= 4 is 23.1 Å². The molecule has 6 heteroatoms. The van der Waals surface area contributed by atoms with E-state index in [0.717, 1.165) is 35.0 Å². The van der Waals surface area contributed by atoms with Crippen LogP contribution in [0.5, 0.6) is 0 Å². The molecule has 0 saturated carbocycles. The van der Waals surface area contributed by atoms with Crippen molar-refractivity contribution in [2.24, 2.45) is 0 Å². The van der Waals surface area contributed by atoms with Crippen molar-refractivity contribution in [1.82, 2.24) is 15.5 Å². The number of hydrogen-bond acceptors (Lipinski definition) is 4. The molecule has 0 saturated heterocycles. The van der Waals surface area contributed by atoms with Crippen LogP contribution in [0.15, 0.2) is 18.2 Å². The Kier molecular flexibility index (Phi) is 4.15. The Morgan fingerprint density at radius 2 is 2.05 bits per heavy atom. The number of hydrogen-bond donors (Lipinski definition) is 2. The third kappa shape index (κ3) is 3.39. The van der Waals surface area contributed by atoms with Gasteiger partial charge >= 0.3 is 6.03 Å². The molecule has 2 aromatic rings. The van der Waals surface area contributed by atoms with Gasteiger partial charge in [0.15, 0.2) is 0 Å². The van der Waals surface area contributed by atoms with E-state index in [1.807, 2.05) is 13.0 Å². The van der Waals surface area contributed by atoms with E-state index >= 15 is 0 Å². The van der Waals surface area contributed by atoms with Crippen molar-refractivity contribution in [3.63, 3.8) is 0 Å². The quantitative estimate of drug-likeness (QED) is 0.912. The summed E-state index contributed by atoms with van der Waals surface area (Å²) in [6.07, 6.45) is 4.34. The summed E-state index contributed by atoms with van der Waals surface area (Å²) in [4.78, 5) is 11.9. The highest BCUT2D eigenvalue weighted by atomic mass is 32.1. The van der Waals surface area contributed by atoms with Crippen LogP contribution < -0.4 is 10.6 Å². The third-order valence-corrected chi connectivity index (χ3v) is 4.64. The minimum absolute atomic E-state index is 0.207. The van der Waals surface area contributed by atoms with Crippen LogP contribution in [0, 0.1) is 0 Å². The van der Waals surface area contributed by atoms with E-state index in [2.05, 4.69) is 33.0 Å². The molecule has 0 fully saturated rings. The lowest BCUT2D eigenvalue weighted by atomic mass is 10.1. The molecule has 21 heavy (non-hydrogen) atoms. The van der Waals surface area contributed by atoms with Crippen LogP contribution in [0.4, 0.5) is 10.5 Å². The molecule has 1 aliphatic carbocycles. The number of anilines is 1. The summed E-state index contributed by atoms with van der Waals surface area (Å²) in [5.41, 5.74) is 3.60.